The Kier molecular flexibility index (Phi) is 4.81. The Hall–Kier alpha value is -1.05. The minimum Gasteiger partial charge on any atom is -0.375 e. The average Bonchev–Trinajstić information content (AvgIpc) is 3.07. The lowest BCUT2D eigenvalue weighted by atomic mass is 10.1. The van der Waals surface area contributed by atoms with E-state index in [0.717, 1.165) is 50.2 Å². The van der Waals surface area contributed by atoms with Gasteiger partial charge in [0.05, 0.1) is 48.1 Å². The van der Waals surface area contributed by atoms with Crippen LogP contribution in [0.3, 0.4) is 0 Å². The van der Waals surface area contributed by atoms with Crippen LogP contribution in [0.2, 0.25) is 0 Å². The van der Waals surface area contributed by atoms with E-state index in [2.05, 4.69) is 37.5 Å². The second-order valence-corrected chi connectivity index (χ2v) is 8.35. The van der Waals surface area contributed by atoms with Gasteiger partial charge in [-0.1, -0.05) is 0 Å². The van der Waals surface area contributed by atoms with Crippen molar-refractivity contribution in [1.29, 1.82) is 0 Å². The Bertz CT molecular complexity index is 644. The molecule has 2 fully saturated rings. The predicted molar refractivity (Wildman–Crippen MR) is 101 cm³/mol. The topological polar surface area (TPSA) is 50.7 Å². The van der Waals surface area contributed by atoms with Gasteiger partial charge in [0.2, 0.25) is 5.95 Å². The lowest BCUT2D eigenvalue weighted by Gasteiger charge is -2.41. The second-order valence-electron chi connectivity index (χ2n) is 7.24. The zero-order valence-electron chi connectivity index (χ0n) is 15.6. The third-order valence-corrected chi connectivity index (χ3v) is 6.90. The molecule has 0 spiro atoms. The molecule has 0 amide bonds. The molecule has 2 saturated heterocycles. The standard InChI is InChI=1S/C18H28N4O2S/c1-11-13(3)23-8-6-21(11)17-16-15(5-10-25-16)19-18(20-17)22-7-9-24-14(4)12(22)2/h11-14H,5-10H2,1-4H3. The first-order chi connectivity index (χ1) is 12.1. The molecule has 3 aliphatic rings. The normalized spacial score (nSPS) is 32.8. The molecule has 6 nitrogen and oxygen atoms in total. The fraction of sp³-hybridized carbons (Fsp3) is 0.778. The number of aryl methyl sites for hydroxylation is 1. The molecule has 4 rings (SSSR count). The highest BCUT2D eigenvalue weighted by Gasteiger charge is 2.34. The summed E-state index contributed by atoms with van der Waals surface area (Å²) in [6, 6.07) is 0.609. The van der Waals surface area contributed by atoms with Gasteiger partial charge in [-0.05, 0) is 27.7 Å². The third kappa shape index (κ3) is 3.11. The van der Waals surface area contributed by atoms with E-state index < -0.39 is 0 Å². The van der Waals surface area contributed by atoms with Crippen LogP contribution in [0.25, 0.3) is 0 Å². The van der Waals surface area contributed by atoms with Crippen molar-refractivity contribution in [1.82, 2.24) is 9.97 Å². The van der Waals surface area contributed by atoms with E-state index in [-0.39, 0.29) is 18.2 Å². The Morgan fingerprint density at radius 2 is 1.56 bits per heavy atom. The average molecular weight is 365 g/mol. The van der Waals surface area contributed by atoms with Gasteiger partial charge >= 0.3 is 0 Å². The van der Waals surface area contributed by atoms with E-state index in [1.807, 2.05) is 11.8 Å². The smallest absolute Gasteiger partial charge is 0.228 e. The summed E-state index contributed by atoms with van der Waals surface area (Å²) >= 11 is 1.90. The van der Waals surface area contributed by atoms with Crippen molar-refractivity contribution in [3.05, 3.63) is 5.69 Å². The number of hydrogen-bond donors (Lipinski definition) is 0. The van der Waals surface area contributed by atoms with E-state index in [9.17, 15) is 0 Å². The minimum atomic E-state index is 0.200. The summed E-state index contributed by atoms with van der Waals surface area (Å²) in [5.41, 5.74) is 1.21. The molecule has 7 heteroatoms. The van der Waals surface area contributed by atoms with Crippen molar-refractivity contribution in [3.63, 3.8) is 0 Å². The van der Waals surface area contributed by atoms with Gasteiger partial charge < -0.3 is 19.3 Å². The van der Waals surface area contributed by atoms with Crippen LogP contribution < -0.4 is 9.80 Å². The molecular formula is C18H28N4O2S. The summed E-state index contributed by atoms with van der Waals surface area (Å²) in [6.07, 6.45) is 1.45. The minimum absolute atomic E-state index is 0.200. The van der Waals surface area contributed by atoms with Crippen LogP contribution in [0.15, 0.2) is 4.90 Å². The molecule has 0 saturated carbocycles. The number of fused-ring (bicyclic) bond motifs is 1. The summed E-state index contributed by atoms with van der Waals surface area (Å²) in [4.78, 5) is 16.0. The predicted octanol–water partition coefficient (Wildman–Crippen LogP) is 2.35. The van der Waals surface area contributed by atoms with Gasteiger partial charge in [0, 0.05) is 25.3 Å². The molecule has 0 aromatic carbocycles. The van der Waals surface area contributed by atoms with Gasteiger partial charge in [0.25, 0.3) is 0 Å². The summed E-state index contributed by atoms with van der Waals surface area (Å²) in [5, 5.41) is 0. The van der Waals surface area contributed by atoms with Crippen molar-refractivity contribution in [2.75, 3.05) is 41.9 Å². The zero-order chi connectivity index (χ0) is 17.6. The molecule has 0 bridgehead atoms. The molecule has 0 aliphatic carbocycles. The first-order valence-corrected chi connectivity index (χ1v) is 10.3. The Labute approximate surface area is 154 Å². The van der Waals surface area contributed by atoms with Crippen LogP contribution in [0.4, 0.5) is 11.8 Å². The van der Waals surface area contributed by atoms with Gasteiger partial charge in [-0.2, -0.15) is 4.98 Å². The van der Waals surface area contributed by atoms with Crippen molar-refractivity contribution >= 4 is 23.5 Å². The van der Waals surface area contributed by atoms with Crippen LogP contribution in [0, 0.1) is 0 Å². The number of ether oxygens (including phenoxy) is 2. The number of anilines is 2. The SMILES string of the molecule is CC1OCCN(c2nc3c(c(N4CCOC(C)C4C)n2)SCC3)C1C. The maximum Gasteiger partial charge on any atom is 0.228 e. The molecule has 4 heterocycles. The highest BCUT2D eigenvalue weighted by molar-refractivity contribution is 7.99. The summed E-state index contributed by atoms with van der Waals surface area (Å²) in [7, 11) is 0. The lowest BCUT2D eigenvalue weighted by molar-refractivity contribution is 0.0269. The number of rotatable bonds is 2. The summed E-state index contributed by atoms with van der Waals surface area (Å²) in [6.45, 7) is 12.0. The molecule has 4 unspecified atom stereocenters. The van der Waals surface area contributed by atoms with Crippen molar-refractivity contribution in [2.24, 2.45) is 0 Å². The number of aromatic nitrogens is 2. The van der Waals surface area contributed by atoms with Gasteiger partial charge in [-0.3, -0.25) is 0 Å². The maximum absolute atomic E-state index is 5.82. The maximum atomic E-state index is 5.82. The zero-order valence-corrected chi connectivity index (χ0v) is 16.4. The monoisotopic (exact) mass is 364 g/mol. The van der Waals surface area contributed by atoms with Gasteiger partial charge in [0.15, 0.2) is 0 Å². The quantitative estimate of drug-likeness (QED) is 0.798. The van der Waals surface area contributed by atoms with Gasteiger partial charge in [0.1, 0.15) is 5.82 Å². The van der Waals surface area contributed by atoms with Crippen LogP contribution in [-0.2, 0) is 15.9 Å². The molecule has 1 aromatic heterocycles. The van der Waals surface area contributed by atoms with Crippen molar-refractivity contribution in [2.45, 2.75) is 63.3 Å². The Balaban J connectivity index is 1.73. The largest absolute Gasteiger partial charge is 0.375 e. The summed E-state index contributed by atoms with van der Waals surface area (Å²) in [5.74, 6) is 3.07. The molecule has 25 heavy (non-hydrogen) atoms. The highest BCUT2D eigenvalue weighted by Crippen LogP contribution is 2.40. The molecule has 4 atom stereocenters. The van der Waals surface area contributed by atoms with Crippen LogP contribution in [-0.4, -0.2) is 66.3 Å². The fourth-order valence-electron chi connectivity index (χ4n) is 3.81. The Morgan fingerprint density at radius 3 is 2.28 bits per heavy atom. The van der Waals surface area contributed by atoms with E-state index in [1.165, 1.54) is 10.6 Å². The van der Waals surface area contributed by atoms with Crippen molar-refractivity contribution in [3.8, 4) is 0 Å². The van der Waals surface area contributed by atoms with Crippen LogP contribution >= 0.6 is 11.8 Å². The molecule has 1 aromatic rings. The first kappa shape index (κ1) is 17.4. The molecule has 0 radical (unpaired) electrons. The van der Waals surface area contributed by atoms with Crippen molar-refractivity contribution < 1.29 is 9.47 Å². The Morgan fingerprint density at radius 1 is 0.920 bits per heavy atom. The number of morpholine rings is 2. The van der Waals surface area contributed by atoms with E-state index >= 15 is 0 Å². The summed E-state index contributed by atoms with van der Waals surface area (Å²) < 4.78 is 11.6. The van der Waals surface area contributed by atoms with Crippen LogP contribution in [0.5, 0.6) is 0 Å². The van der Waals surface area contributed by atoms with Gasteiger partial charge in [-0.15, -0.1) is 11.8 Å². The van der Waals surface area contributed by atoms with Crippen LogP contribution in [0.1, 0.15) is 33.4 Å². The number of nitrogens with zero attached hydrogens (tertiary/aromatic N) is 4. The molecule has 0 N–H and O–H groups in total. The number of hydrogen-bond acceptors (Lipinski definition) is 7. The second kappa shape index (κ2) is 6.93. The number of thioether (sulfide) groups is 1. The highest BCUT2D eigenvalue weighted by atomic mass is 32.2. The molecule has 3 aliphatic heterocycles. The van der Waals surface area contributed by atoms with Gasteiger partial charge in [-0.25, -0.2) is 4.98 Å². The lowest BCUT2D eigenvalue weighted by Crippen LogP contribution is -2.51. The fourth-order valence-corrected chi connectivity index (χ4v) is 4.91. The molecule has 138 valence electrons. The first-order valence-electron chi connectivity index (χ1n) is 9.36. The van der Waals surface area contributed by atoms with E-state index in [0.29, 0.717) is 6.04 Å². The third-order valence-electron chi connectivity index (χ3n) is 5.79. The van der Waals surface area contributed by atoms with E-state index in [1.54, 1.807) is 0 Å². The molecular weight excluding hydrogens is 336 g/mol. The van der Waals surface area contributed by atoms with E-state index in [4.69, 9.17) is 19.4 Å².